The van der Waals surface area contributed by atoms with Gasteiger partial charge in [0.15, 0.2) is 5.75 Å². The smallest absolute Gasteiger partial charge is 0.164 e. The molecule has 0 aliphatic rings. The molecule has 0 saturated carbocycles. The highest BCUT2D eigenvalue weighted by Crippen LogP contribution is 2.34. The molecule has 1 N–H and O–H groups in total. The Bertz CT molecular complexity index is 505. The van der Waals surface area contributed by atoms with Crippen molar-refractivity contribution in [2.75, 3.05) is 0 Å². The first-order valence-electron chi connectivity index (χ1n) is 4.58. The fourth-order valence-electron chi connectivity index (χ4n) is 1.43. The Morgan fingerprint density at radius 1 is 1.33 bits per heavy atom. The number of aromatic hydroxyl groups is 1. The Morgan fingerprint density at radius 3 is 2.53 bits per heavy atom. The molecule has 0 unspecified atom stereocenters. The third-order valence-corrected chi connectivity index (χ3v) is 3.12. The molecule has 2 aromatic rings. The number of rotatable bonds is 1. The number of hydrogen-bond acceptors (Lipinski definition) is 2. The molecule has 0 saturated heterocycles. The van der Waals surface area contributed by atoms with E-state index in [0.717, 1.165) is 15.7 Å². The SMILES string of the molecule is Cc1c(O)c(-c2ccccc2Br)nn1C. The van der Waals surface area contributed by atoms with E-state index in [4.69, 9.17) is 0 Å². The van der Waals surface area contributed by atoms with Crippen LogP contribution < -0.4 is 0 Å². The third-order valence-electron chi connectivity index (χ3n) is 2.43. The van der Waals surface area contributed by atoms with Crippen LogP contribution in [0.15, 0.2) is 28.7 Å². The lowest BCUT2D eigenvalue weighted by atomic mass is 10.1. The minimum absolute atomic E-state index is 0.240. The summed E-state index contributed by atoms with van der Waals surface area (Å²) in [6.07, 6.45) is 0. The van der Waals surface area contributed by atoms with Crippen LogP contribution in [0, 0.1) is 6.92 Å². The molecule has 78 valence electrons. The van der Waals surface area contributed by atoms with Crippen LogP contribution in [0.4, 0.5) is 0 Å². The molecular formula is C11H11BrN2O. The molecule has 0 amide bonds. The Labute approximate surface area is 96.5 Å². The molecule has 1 aromatic heterocycles. The van der Waals surface area contributed by atoms with Gasteiger partial charge >= 0.3 is 0 Å². The van der Waals surface area contributed by atoms with E-state index in [0.29, 0.717) is 5.69 Å². The molecule has 0 spiro atoms. The van der Waals surface area contributed by atoms with Crippen LogP contribution in [0.5, 0.6) is 5.75 Å². The van der Waals surface area contributed by atoms with Crippen molar-refractivity contribution in [2.45, 2.75) is 6.92 Å². The average Bonchev–Trinajstić information content (AvgIpc) is 2.47. The summed E-state index contributed by atoms with van der Waals surface area (Å²) in [5.41, 5.74) is 2.28. The van der Waals surface area contributed by atoms with Crippen LogP contribution in [0.3, 0.4) is 0 Å². The van der Waals surface area contributed by atoms with E-state index >= 15 is 0 Å². The van der Waals surface area contributed by atoms with Gasteiger partial charge in [0.05, 0.1) is 5.69 Å². The molecule has 1 heterocycles. The second-order valence-electron chi connectivity index (χ2n) is 3.39. The lowest BCUT2D eigenvalue weighted by Gasteiger charge is -2.00. The van der Waals surface area contributed by atoms with Crippen molar-refractivity contribution in [3.05, 3.63) is 34.4 Å². The zero-order valence-corrected chi connectivity index (χ0v) is 10.1. The maximum Gasteiger partial charge on any atom is 0.164 e. The van der Waals surface area contributed by atoms with E-state index in [1.165, 1.54) is 0 Å². The maximum atomic E-state index is 9.89. The second kappa shape index (κ2) is 3.70. The van der Waals surface area contributed by atoms with Gasteiger partial charge in [-0.05, 0) is 13.0 Å². The molecular weight excluding hydrogens is 256 g/mol. The Morgan fingerprint density at radius 2 is 2.00 bits per heavy atom. The van der Waals surface area contributed by atoms with Gasteiger partial charge in [-0.2, -0.15) is 5.10 Å². The minimum Gasteiger partial charge on any atom is -0.504 e. The van der Waals surface area contributed by atoms with Crippen molar-refractivity contribution in [3.8, 4) is 17.0 Å². The topological polar surface area (TPSA) is 38.1 Å². The van der Waals surface area contributed by atoms with E-state index in [-0.39, 0.29) is 5.75 Å². The van der Waals surface area contributed by atoms with Gasteiger partial charge in [-0.25, -0.2) is 0 Å². The molecule has 15 heavy (non-hydrogen) atoms. The lowest BCUT2D eigenvalue weighted by molar-refractivity contribution is 0.471. The number of aryl methyl sites for hydroxylation is 1. The van der Waals surface area contributed by atoms with Gasteiger partial charge in [0, 0.05) is 17.1 Å². The predicted molar refractivity (Wildman–Crippen MR) is 62.7 cm³/mol. The summed E-state index contributed by atoms with van der Waals surface area (Å²) in [5, 5.41) is 14.2. The van der Waals surface area contributed by atoms with Gasteiger partial charge in [-0.1, -0.05) is 34.1 Å². The highest BCUT2D eigenvalue weighted by Gasteiger charge is 2.15. The number of benzene rings is 1. The van der Waals surface area contributed by atoms with E-state index < -0.39 is 0 Å². The molecule has 2 rings (SSSR count). The normalized spacial score (nSPS) is 10.6. The number of hydrogen-bond donors (Lipinski definition) is 1. The molecule has 0 aliphatic heterocycles. The first-order valence-corrected chi connectivity index (χ1v) is 5.38. The Kier molecular flexibility index (Phi) is 2.52. The van der Waals surface area contributed by atoms with Crippen LogP contribution >= 0.6 is 15.9 Å². The van der Waals surface area contributed by atoms with Gasteiger partial charge in [0.25, 0.3) is 0 Å². The summed E-state index contributed by atoms with van der Waals surface area (Å²) in [6.45, 7) is 1.84. The number of halogens is 1. The molecule has 0 aliphatic carbocycles. The van der Waals surface area contributed by atoms with Crippen molar-refractivity contribution < 1.29 is 5.11 Å². The van der Waals surface area contributed by atoms with Crippen molar-refractivity contribution in [1.82, 2.24) is 9.78 Å². The van der Waals surface area contributed by atoms with Crippen molar-refractivity contribution in [2.24, 2.45) is 7.05 Å². The van der Waals surface area contributed by atoms with Crippen LogP contribution in [0.1, 0.15) is 5.69 Å². The maximum absolute atomic E-state index is 9.89. The first-order chi connectivity index (χ1) is 7.11. The van der Waals surface area contributed by atoms with Gasteiger partial charge < -0.3 is 5.11 Å². The largest absolute Gasteiger partial charge is 0.504 e. The minimum atomic E-state index is 0.240. The van der Waals surface area contributed by atoms with Crippen LogP contribution in [0.25, 0.3) is 11.3 Å². The zero-order valence-electron chi connectivity index (χ0n) is 8.53. The van der Waals surface area contributed by atoms with E-state index in [9.17, 15) is 5.11 Å². The van der Waals surface area contributed by atoms with E-state index in [2.05, 4.69) is 21.0 Å². The van der Waals surface area contributed by atoms with E-state index in [1.54, 1.807) is 4.68 Å². The molecule has 0 radical (unpaired) electrons. The Hall–Kier alpha value is -1.29. The zero-order chi connectivity index (χ0) is 11.0. The van der Waals surface area contributed by atoms with Gasteiger partial charge in [-0.3, -0.25) is 4.68 Å². The molecule has 3 nitrogen and oxygen atoms in total. The quantitative estimate of drug-likeness (QED) is 0.862. The molecule has 0 bridgehead atoms. The van der Waals surface area contributed by atoms with Crippen molar-refractivity contribution in [1.29, 1.82) is 0 Å². The van der Waals surface area contributed by atoms with Gasteiger partial charge in [0.2, 0.25) is 0 Å². The summed E-state index contributed by atoms with van der Waals surface area (Å²) < 4.78 is 2.60. The summed E-state index contributed by atoms with van der Waals surface area (Å²) in [7, 11) is 1.81. The fourth-order valence-corrected chi connectivity index (χ4v) is 1.90. The molecule has 0 fully saturated rings. The third kappa shape index (κ3) is 1.65. The van der Waals surface area contributed by atoms with Crippen LogP contribution in [-0.4, -0.2) is 14.9 Å². The van der Waals surface area contributed by atoms with Gasteiger partial charge in [-0.15, -0.1) is 0 Å². The summed E-state index contributed by atoms with van der Waals surface area (Å²) in [6, 6.07) is 7.70. The van der Waals surface area contributed by atoms with E-state index in [1.807, 2.05) is 38.2 Å². The van der Waals surface area contributed by atoms with Crippen LogP contribution in [-0.2, 0) is 7.05 Å². The summed E-state index contributed by atoms with van der Waals surface area (Å²) in [5.74, 6) is 0.240. The van der Waals surface area contributed by atoms with Crippen LogP contribution in [0.2, 0.25) is 0 Å². The Balaban J connectivity index is 2.65. The fraction of sp³-hybridized carbons (Fsp3) is 0.182. The average molecular weight is 267 g/mol. The molecule has 4 heteroatoms. The standard InChI is InChI=1S/C11H11BrN2O/c1-7-11(15)10(13-14(7)2)8-5-3-4-6-9(8)12/h3-6,15H,1-2H3. The molecule has 1 aromatic carbocycles. The highest BCUT2D eigenvalue weighted by molar-refractivity contribution is 9.10. The molecule has 0 atom stereocenters. The summed E-state index contributed by atoms with van der Waals surface area (Å²) >= 11 is 3.44. The highest BCUT2D eigenvalue weighted by atomic mass is 79.9. The second-order valence-corrected chi connectivity index (χ2v) is 4.24. The first kappa shape index (κ1) is 10.2. The van der Waals surface area contributed by atoms with Crippen molar-refractivity contribution >= 4 is 15.9 Å². The van der Waals surface area contributed by atoms with Gasteiger partial charge in [0.1, 0.15) is 5.69 Å². The van der Waals surface area contributed by atoms with Crippen molar-refractivity contribution in [3.63, 3.8) is 0 Å². The summed E-state index contributed by atoms with van der Waals surface area (Å²) in [4.78, 5) is 0. The predicted octanol–water partition coefficient (Wildman–Crippen LogP) is 2.86. The monoisotopic (exact) mass is 266 g/mol. The number of nitrogens with zero attached hydrogens (tertiary/aromatic N) is 2. The lowest BCUT2D eigenvalue weighted by Crippen LogP contribution is -1.92. The number of aromatic nitrogens is 2.